The molecule has 0 amide bonds. The Morgan fingerprint density at radius 2 is 1.86 bits per heavy atom. The first-order valence-corrected chi connectivity index (χ1v) is 11.3. The van der Waals surface area contributed by atoms with Crippen molar-refractivity contribution >= 4 is 33.3 Å². The highest BCUT2D eigenvalue weighted by atomic mass is 32.2. The normalized spacial score (nSPS) is 13.1. The number of aryl methyl sites for hydroxylation is 1. The first kappa shape index (κ1) is 18.9. The molecule has 0 atom stereocenters. The van der Waals surface area contributed by atoms with E-state index in [1.165, 1.54) is 5.06 Å². The second kappa shape index (κ2) is 7.54. The number of anilines is 2. The Bertz CT molecular complexity index is 1130. The number of fused-ring (bicyclic) bond motifs is 2. The van der Waals surface area contributed by atoms with Gasteiger partial charge in [0.05, 0.1) is 17.1 Å². The predicted molar refractivity (Wildman–Crippen MR) is 110 cm³/mol. The highest BCUT2D eigenvalue weighted by Gasteiger charge is 2.31. The van der Waals surface area contributed by atoms with Gasteiger partial charge in [0.15, 0.2) is 5.82 Å². The Morgan fingerprint density at radius 3 is 2.64 bits per heavy atom. The summed E-state index contributed by atoms with van der Waals surface area (Å²) in [6.07, 6.45) is 2.17. The third-order valence-electron chi connectivity index (χ3n) is 4.18. The van der Waals surface area contributed by atoms with Crippen LogP contribution in [0.25, 0.3) is 11.4 Å². The fourth-order valence-electron chi connectivity index (χ4n) is 3.00. The monoisotopic (exact) mass is 413 g/mol. The van der Waals surface area contributed by atoms with E-state index in [1.807, 2.05) is 55.5 Å². The molecule has 144 valence electrons. The Morgan fingerprint density at radius 1 is 1.07 bits per heavy atom. The van der Waals surface area contributed by atoms with Gasteiger partial charge < -0.3 is 0 Å². The smallest absolute Gasteiger partial charge is 0.236 e. The van der Waals surface area contributed by atoms with Crippen LogP contribution in [0.15, 0.2) is 64.5 Å². The number of para-hydroxylation sites is 2. The standard InChI is InChI=1S/C20H19N3O3S2/c1-3-13-28(24,25)26-23-16-8-4-5-9-17(16)27-18-10-6-7-15(19(18)23)20-21-12-11-14(2)22-20/h4-12H,3,13H2,1-2H3. The summed E-state index contributed by atoms with van der Waals surface area (Å²) in [5, 5.41) is 1.41. The van der Waals surface area contributed by atoms with Crippen molar-refractivity contribution < 1.29 is 12.7 Å². The summed E-state index contributed by atoms with van der Waals surface area (Å²) in [5.74, 6) is 0.468. The maximum absolute atomic E-state index is 12.5. The SMILES string of the molecule is CCCS(=O)(=O)ON1c2ccccc2Sc2cccc(-c3nccc(C)n3)c21. The predicted octanol–water partition coefficient (Wildman–Crippen LogP) is 4.73. The molecule has 28 heavy (non-hydrogen) atoms. The summed E-state index contributed by atoms with van der Waals surface area (Å²) >= 11 is 1.57. The van der Waals surface area contributed by atoms with Gasteiger partial charge in [0.1, 0.15) is 0 Å². The van der Waals surface area contributed by atoms with Crippen LogP contribution >= 0.6 is 11.8 Å². The van der Waals surface area contributed by atoms with E-state index in [0.29, 0.717) is 23.6 Å². The summed E-state index contributed by atoms with van der Waals surface area (Å²) < 4.78 is 30.6. The lowest BCUT2D eigenvalue weighted by molar-refractivity contribution is 0.319. The lowest BCUT2D eigenvalue weighted by Crippen LogP contribution is -2.27. The second-order valence-corrected chi connectivity index (χ2v) is 9.13. The van der Waals surface area contributed by atoms with E-state index in [2.05, 4.69) is 9.97 Å². The summed E-state index contributed by atoms with van der Waals surface area (Å²) in [7, 11) is -3.75. The van der Waals surface area contributed by atoms with Crippen LogP contribution in [0.4, 0.5) is 11.4 Å². The lowest BCUT2D eigenvalue weighted by atomic mass is 10.1. The first-order chi connectivity index (χ1) is 13.5. The van der Waals surface area contributed by atoms with Crippen molar-refractivity contribution in [2.75, 3.05) is 10.8 Å². The lowest BCUT2D eigenvalue weighted by Gasteiger charge is -2.32. The van der Waals surface area contributed by atoms with Crippen LogP contribution in [0.1, 0.15) is 19.0 Å². The van der Waals surface area contributed by atoms with Gasteiger partial charge >= 0.3 is 0 Å². The van der Waals surface area contributed by atoms with Gasteiger partial charge in [-0.1, -0.05) is 36.9 Å². The average Bonchev–Trinajstić information content (AvgIpc) is 2.67. The summed E-state index contributed by atoms with van der Waals surface area (Å²) in [5.41, 5.74) is 2.86. The molecule has 0 bridgehead atoms. The zero-order valence-corrected chi connectivity index (χ0v) is 17.1. The minimum absolute atomic E-state index is 0.0583. The number of nitrogens with zero attached hydrogens (tertiary/aromatic N) is 3. The van der Waals surface area contributed by atoms with E-state index in [1.54, 1.807) is 24.9 Å². The molecule has 0 aliphatic carbocycles. The fraction of sp³-hybridized carbons (Fsp3) is 0.200. The molecule has 1 aromatic heterocycles. The molecule has 0 N–H and O–H groups in total. The van der Waals surface area contributed by atoms with E-state index >= 15 is 0 Å². The Balaban J connectivity index is 1.92. The van der Waals surface area contributed by atoms with Crippen molar-refractivity contribution in [3.63, 3.8) is 0 Å². The number of hydrogen-bond donors (Lipinski definition) is 0. The van der Waals surface area contributed by atoms with Gasteiger partial charge in [-0.2, -0.15) is 8.42 Å². The molecule has 0 radical (unpaired) electrons. The van der Waals surface area contributed by atoms with Crippen LogP contribution in [0.2, 0.25) is 0 Å². The maximum Gasteiger partial charge on any atom is 0.288 e. The molecule has 0 saturated carbocycles. The van der Waals surface area contributed by atoms with E-state index < -0.39 is 10.1 Å². The third kappa shape index (κ3) is 3.63. The molecular formula is C20H19N3O3S2. The molecule has 0 unspecified atom stereocenters. The molecule has 8 heteroatoms. The zero-order chi connectivity index (χ0) is 19.7. The number of hydrogen-bond acceptors (Lipinski definition) is 7. The third-order valence-corrected chi connectivity index (χ3v) is 6.58. The highest BCUT2D eigenvalue weighted by molar-refractivity contribution is 7.99. The molecule has 0 saturated heterocycles. The second-order valence-electron chi connectivity index (χ2n) is 6.37. The minimum Gasteiger partial charge on any atom is -0.236 e. The molecule has 4 rings (SSSR count). The molecule has 2 heterocycles. The highest BCUT2D eigenvalue weighted by Crippen LogP contribution is 2.51. The summed E-state index contributed by atoms with van der Waals surface area (Å²) in [4.78, 5) is 10.7. The molecule has 1 aliphatic rings. The molecule has 6 nitrogen and oxygen atoms in total. The Hall–Kier alpha value is -2.42. The molecule has 0 spiro atoms. The van der Waals surface area contributed by atoms with Crippen molar-refractivity contribution in [3.05, 3.63) is 60.4 Å². The van der Waals surface area contributed by atoms with E-state index in [0.717, 1.165) is 21.0 Å². The van der Waals surface area contributed by atoms with Crippen molar-refractivity contribution in [1.29, 1.82) is 0 Å². The quantitative estimate of drug-likeness (QED) is 0.599. The van der Waals surface area contributed by atoms with Gasteiger partial charge in [0, 0.05) is 27.2 Å². The number of rotatable bonds is 5. The van der Waals surface area contributed by atoms with Crippen molar-refractivity contribution in [3.8, 4) is 11.4 Å². The van der Waals surface area contributed by atoms with E-state index in [-0.39, 0.29) is 5.75 Å². The largest absolute Gasteiger partial charge is 0.288 e. The van der Waals surface area contributed by atoms with Gasteiger partial charge in [-0.15, -0.1) is 4.28 Å². The van der Waals surface area contributed by atoms with Gasteiger partial charge in [0.2, 0.25) is 0 Å². The zero-order valence-electron chi connectivity index (χ0n) is 15.5. The van der Waals surface area contributed by atoms with Crippen LogP contribution in [0, 0.1) is 6.92 Å². The molecule has 1 aliphatic heterocycles. The van der Waals surface area contributed by atoms with Crippen LogP contribution in [-0.2, 0) is 14.4 Å². The topological polar surface area (TPSA) is 72.4 Å². The fourth-order valence-corrected chi connectivity index (χ4v) is 5.03. The molecule has 2 aromatic carbocycles. The van der Waals surface area contributed by atoms with Crippen molar-refractivity contribution in [2.45, 2.75) is 30.1 Å². The van der Waals surface area contributed by atoms with Gasteiger partial charge in [0.25, 0.3) is 10.1 Å². The van der Waals surface area contributed by atoms with Crippen molar-refractivity contribution in [1.82, 2.24) is 9.97 Å². The van der Waals surface area contributed by atoms with E-state index in [9.17, 15) is 8.42 Å². The summed E-state index contributed by atoms with van der Waals surface area (Å²) in [6, 6.07) is 15.1. The van der Waals surface area contributed by atoms with Crippen LogP contribution < -0.4 is 5.06 Å². The van der Waals surface area contributed by atoms with Gasteiger partial charge in [-0.25, -0.2) is 15.0 Å². The van der Waals surface area contributed by atoms with Crippen LogP contribution in [0.3, 0.4) is 0 Å². The minimum atomic E-state index is -3.75. The molecule has 3 aromatic rings. The maximum atomic E-state index is 12.5. The van der Waals surface area contributed by atoms with Crippen LogP contribution in [0.5, 0.6) is 0 Å². The Labute approximate surface area is 168 Å². The van der Waals surface area contributed by atoms with Crippen LogP contribution in [-0.4, -0.2) is 24.1 Å². The average molecular weight is 414 g/mol. The van der Waals surface area contributed by atoms with Gasteiger partial charge in [-0.05, 0) is 43.7 Å². The van der Waals surface area contributed by atoms with Gasteiger partial charge in [-0.3, -0.25) is 0 Å². The summed E-state index contributed by atoms with van der Waals surface area (Å²) in [6.45, 7) is 3.70. The van der Waals surface area contributed by atoms with Crippen molar-refractivity contribution in [2.24, 2.45) is 0 Å². The first-order valence-electron chi connectivity index (χ1n) is 8.91. The molecular weight excluding hydrogens is 394 g/mol. The Kier molecular flexibility index (Phi) is 5.09. The molecule has 0 fully saturated rings. The van der Waals surface area contributed by atoms with E-state index in [4.69, 9.17) is 4.28 Å². The number of benzene rings is 2. The number of aromatic nitrogens is 2.